The molecule has 0 N–H and O–H groups in total. The highest BCUT2D eigenvalue weighted by molar-refractivity contribution is 7.94. The van der Waals surface area contributed by atoms with Crippen LogP contribution in [-0.2, 0) is 19.4 Å². The minimum absolute atomic E-state index is 0.0916. The van der Waals surface area contributed by atoms with Gasteiger partial charge >= 0.3 is 5.97 Å². The van der Waals surface area contributed by atoms with E-state index in [9.17, 15) is 13.2 Å². The van der Waals surface area contributed by atoms with Gasteiger partial charge in [0, 0.05) is 11.5 Å². The third kappa shape index (κ3) is 6.65. The first-order valence-electron chi connectivity index (χ1n) is 4.50. The average Bonchev–Trinajstić information content (AvgIpc) is 2.14. The maximum Gasteiger partial charge on any atom is 0.331 e. The highest BCUT2D eigenvalue weighted by Crippen LogP contribution is 2.01. The molecular formula is C9H16O4S. The molecule has 0 aromatic rings. The summed E-state index contributed by atoms with van der Waals surface area (Å²) in [7, 11) is -2.04. The predicted molar refractivity (Wildman–Crippen MR) is 54.5 cm³/mol. The Morgan fingerprint density at radius 1 is 1.36 bits per heavy atom. The normalized spacial score (nSPS) is 11.9. The van der Waals surface area contributed by atoms with E-state index in [0.29, 0.717) is 6.42 Å². The lowest BCUT2D eigenvalue weighted by molar-refractivity contribution is -0.134. The van der Waals surface area contributed by atoms with Crippen molar-refractivity contribution in [2.24, 2.45) is 0 Å². The number of hydrogen-bond donors (Lipinski definition) is 0. The van der Waals surface area contributed by atoms with Crippen molar-refractivity contribution in [3.63, 3.8) is 0 Å². The van der Waals surface area contributed by atoms with Gasteiger partial charge in [-0.3, -0.25) is 0 Å². The Hall–Kier alpha value is -0.840. The van der Waals surface area contributed by atoms with E-state index in [2.05, 4.69) is 4.74 Å². The fourth-order valence-corrected chi connectivity index (χ4v) is 1.91. The summed E-state index contributed by atoms with van der Waals surface area (Å²) in [6, 6.07) is 0. The molecule has 14 heavy (non-hydrogen) atoms. The second-order valence-electron chi connectivity index (χ2n) is 2.90. The number of esters is 1. The second-order valence-corrected chi connectivity index (χ2v) is 4.91. The standard InChI is InChI=1S/C9H16O4S/c1-3-4-5-7-14(11,12)8-6-9(10)13-2/h6,8H,3-5,7H2,1-2H3/b8-6+. The summed E-state index contributed by atoms with van der Waals surface area (Å²) in [4.78, 5) is 10.6. The van der Waals surface area contributed by atoms with Gasteiger partial charge in [0.05, 0.1) is 12.9 Å². The van der Waals surface area contributed by atoms with Crippen LogP contribution in [0.4, 0.5) is 0 Å². The lowest BCUT2D eigenvalue weighted by Crippen LogP contribution is -2.03. The van der Waals surface area contributed by atoms with Crippen molar-refractivity contribution in [2.45, 2.75) is 26.2 Å². The molecule has 4 nitrogen and oxygen atoms in total. The van der Waals surface area contributed by atoms with Gasteiger partial charge in [-0.1, -0.05) is 19.8 Å². The minimum Gasteiger partial charge on any atom is -0.466 e. The smallest absolute Gasteiger partial charge is 0.331 e. The molecule has 5 heteroatoms. The summed E-state index contributed by atoms with van der Waals surface area (Å²) >= 11 is 0. The molecule has 0 saturated carbocycles. The van der Waals surface area contributed by atoms with Crippen LogP contribution in [0.15, 0.2) is 11.5 Å². The number of methoxy groups -OCH3 is 1. The largest absolute Gasteiger partial charge is 0.466 e. The summed E-state index contributed by atoms with van der Waals surface area (Å²) in [5, 5.41) is 0.911. The highest BCUT2D eigenvalue weighted by atomic mass is 32.2. The van der Waals surface area contributed by atoms with Crippen molar-refractivity contribution in [3.05, 3.63) is 11.5 Å². The fraction of sp³-hybridized carbons (Fsp3) is 0.667. The summed E-state index contributed by atoms with van der Waals surface area (Å²) in [6.07, 6.45) is 3.41. The van der Waals surface area contributed by atoms with Crippen LogP contribution >= 0.6 is 0 Å². The second kappa shape index (κ2) is 6.59. The van der Waals surface area contributed by atoms with Gasteiger partial charge in [-0.25, -0.2) is 13.2 Å². The molecule has 0 aliphatic heterocycles. The molecule has 0 unspecified atom stereocenters. The zero-order valence-electron chi connectivity index (χ0n) is 8.52. The van der Waals surface area contributed by atoms with E-state index in [1.807, 2.05) is 6.92 Å². The fourth-order valence-electron chi connectivity index (χ4n) is 0.849. The molecule has 0 radical (unpaired) electrons. The van der Waals surface area contributed by atoms with Crippen molar-refractivity contribution in [1.82, 2.24) is 0 Å². The molecule has 0 spiro atoms. The maximum absolute atomic E-state index is 11.2. The lowest BCUT2D eigenvalue weighted by Gasteiger charge is -1.97. The molecule has 0 rings (SSSR count). The topological polar surface area (TPSA) is 60.4 Å². The van der Waals surface area contributed by atoms with Gasteiger partial charge in [0.25, 0.3) is 0 Å². The number of rotatable bonds is 6. The Morgan fingerprint density at radius 3 is 2.50 bits per heavy atom. The van der Waals surface area contributed by atoms with E-state index in [-0.39, 0.29) is 5.75 Å². The van der Waals surface area contributed by atoms with E-state index < -0.39 is 15.8 Å². The number of ether oxygens (including phenoxy) is 1. The van der Waals surface area contributed by atoms with Crippen LogP contribution in [-0.4, -0.2) is 27.2 Å². The summed E-state index contributed by atoms with van der Waals surface area (Å²) in [6.45, 7) is 2.00. The summed E-state index contributed by atoms with van der Waals surface area (Å²) in [5.41, 5.74) is 0. The van der Waals surface area contributed by atoms with Crippen LogP contribution in [0, 0.1) is 0 Å². The molecule has 0 atom stereocenters. The van der Waals surface area contributed by atoms with Crippen molar-refractivity contribution in [1.29, 1.82) is 0 Å². The molecule has 0 aromatic heterocycles. The predicted octanol–water partition coefficient (Wildman–Crippen LogP) is 1.28. The van der Waals surface area contributed by atoms with Gasteiger partial charge < -0.3 is 4.74 Å². The van der Waals surface area contributed by atoms with Gasteiger partial charge in [0.2, 0.25) is 0 Å². The lowest BCUT2D eigenvalue weighted by atomic mass is 10.3. The number of hydrogen-bond acceptors (Lipinski definition) is 4. The van der Waals surface area contributed by atoms with Crippen molar-refractivity contribution in [3.8, 4) is 0 Å². The third-order valence-corrected chi connectivity index (χ3v) is 3.05. The summed E-state index contributed by atoms with van der Waals surface area (Å²) < 4.78 is 26.7. The van der Waals surface area contributed by atoms with Gasteiger partial charge in [-0.05, 0) is 6.42 Å². The zero-order valence-corrected chi connectivity index (χ0v) is 9.34. The van der Waals surface area contributed by atoms with E-state index in [1.54, 1.807) is 0 Å². The molecule has 0 aliphatic rings. The first kappa shape index (κ1) is 13.2. The van der Waals surface area contributed by atoms with E-state index in [0.717, 1.165) is 24.3 Å². The van der Waals surface area contributed by atoms with Crippen LogP contribution < -0.4 is 0 Å². The van der Waals surface area contributed by atoms with E-state index >= 15 is 0 Å². The molecule has 82 valence electrons. The first-order chi connectivity index (χ1) is 6.52. The molecule has 0 fully saturated rings. The van der Waals surface area contributed by atoms with Gasteiger partial charge in [-0.15, -0.1) is 0 Å². The van der Waals surface area contributed by atoms with Crippen LogP contribution in [0.25, 0.3) is 0 Å². The SMILES string of the molecule is CCCCCS(=O)(=O)/C=C/C(=O)OC. The molecule has 0 amide bonds. The molecule has 0 saturated heterocycles. The molecule has 0 heterocycles. The minimum atomic E-state index is -3.24. The quantitative estimate of drug-likeness (QED) is 0.384. The molecule has 0 aliphatic carbocycles. The average molecular weight is 220 g/mol. The zero-order chi connectivity index (χ0) is 11.0. The maximum atomic E-state index is 11.2. The first-order valence-corrected chi connectivity index (χ1v) is 6.22. The Labute approximate surface area is 84.9 Å². The molecule has 0 bridgehead atoms. The number of unbranched alkanes of at least 4 members (excludes halogenated alkanes) is 2. The van der Waals surface area contributed by atoms with Crippen LogP contribution in [0.5, 0.6) is 0 Å². The number of carbonyl (C=O) groups is 1. The van der Waals surface area contributed by atoms with Crippen LogP contribution in [0.2, 0.25) is 0 Å². The third-order valence-electron chi connectivity index (χ3n) is 1.65. The van der Waals surface area contributed by atoms with Crippen LogP contribution in [0.1, 0.15) is 26.2 Å². The van der Waals surface area contributed by atoms with E-state index in [1.165, 1.54) is 7.11 Å². The van der Waals surface area contributed by atoms with Crippen molar-refractivity contribution >= 4 is 15.8 Å². The van der Waals surface area contributed by atoms with Gasteiger partial charge in [0.15, 0.2) is 9.84 Å². The Balaban J connectivity index is 4.07. The van der Waals surface area contributed by atoms with Crippen molar-refractivity contribution in [2.75, 3.05) is 12.9 Å². The van der Waals surface area contributed by atoms with Crippen LogP contribution in [0.3, 0.4) is 0 Å². The molecule has 0 aromatic carbocycles. The monoisotopic (exact) mass is 220 g/mol. The Bertz CT molecular complexity index is 290. The Kier molecular flexibility index (Phi) is 6.19. The van der Waals surface area contributed by atoms with Gasteiger partial charge in [0.1, 0.15) is 0 Å². The summed E-state index contributed by atoms with van der Waals surface area (Å²) in [5.74, 6) is -0.557. The van der Waals surface area contributed by atoms with Gasteiger partial charge in [-0.2, -0.15) is 0 Å². The number of carbonyl (C=O) groups excluding carboxylic acids is 1. The molecular weight excluding hydrogens is 204 g/mol. The highest BCUT2D eigenvalue weighted by Gasteiger charge is 2.05. The number of sulfone groups is 1. The van der Waals surface area contributed by atoms with E-state index in [4.69, 9.17) is 0 Å². The Morgan fingerprint density at radius 2 is 2.00 bits per heavy atom. The van der Waals surface area contributed by atoms with Crippen molar-refractivity contribution < 1.29 is 17.9 Å².